The molecule has 1 aliphatic rings. The highest BCUT2D eigenvalue weighted by atomic mass is 35.5. The quantitative estimate of drug-likeness (QED) is 0.669. The molecule has 0 radical (unpaired) electrons. The summed E-state index contributed by atoms with van der Waals surface area (Å²) in [4.78, 5) is 0. The molecule has 0 N–H and O–H groups in total. The number of rotatable bonds is 5. The minimum Gasteiger partial charge on any atom is -0.406 e. The smallest absolute Gasteiger partial charge is 0.406 e. The van der Waals surface area contributed by atoms with Crippen LogP contribution in [0.3, 0.4) is 0 Å². The second-order valence-electron chi connectivity index (χ2n) is 5.29. The summed E-state index contributed by atoms with van der Waals surface area (Å²) in [7, 11) is 0. The van der Waals surface area contributed by atoms with Crippen LogP contribution in [0.25, 0.3) is 0 Å². The predicted molar refractivity (Wildman–Crippen MR) is 73.0 cm³/mol. The van der Waals surface area contributed by atoms with Gasteiger partial charge in [0.2, 0.25) is 0 Å². The molecular weight excluding hydrogens is 289 g/mol. The zero-order chi connectivity index (χ0) is 14.6. The van der Waals surface area contributed by atoms with Gasteiger partial charge in [-0.2, -0.15) is 0 Å². The lowest BCUT2D eigenvalue weighted by Crippen LogP contribution is -2.17. The number of ether oxygens (including phenoxy) is 1. The van der Waals surface area contributed by atoms with E-state index < -0.39 is 6.36 Å². The average Bonchev–Trinajstić information content (AvgIpc) is 2.89. The van der Waals surface area contributed by atoms with E-state index in [1.807, 2.05) is 0 Å². The highest BCUT2D eigenvalue weighted by molar-refractivity contribution is 6.20. The molecule has 0 bridgehead atoms. The van der Waals surface area contributed by atoms with Crippen molar-refractivity contribution >= 4 is 11.6 Å². The molecule has 2 rings (SSSR count). The molecule has 1 aromatic rings. The number of hydrogen-bond donors (Lipinski definition) is 0. The van der Waals surface area contributed by atoms with E-state index in [0.717, 1.165) is 18.4 Å². The van der Waals surface area contributed by atoms with Crippen molar-refractivity contribution in [3.05, 3.63) is 29.8 Å². The van der Waals surface area contributed by atoms with Gasteiger partial charge in [-0.25, -0.2) is 0 Å². The van der Waals surface area contributed by atoms with Gasteiger partial charge in [0, 0.05) is 5.38 Å². The van der Waals surface area contributed by atoms with E-state index in [1.54, 1.807) is 12.1 Å². The molecule has 0 aliphatic heterocycles. The molecule has 1 unspecified atom stereocenters. The maximum absolute atomic E-state index is 12.0. The summed E-state index contributed by atoms with van der Waals surface area (Å²) in [5.41, 5.74) is 0.989. The molecule has 0 spiro atoms. The first-order valence-electron chi connectivity index (χ1n) is 6.93. The van der Waals surface area contributed by atoms with E-state index in [4.69, 9.17) is 11.6 Å². The van der Waals surface area contributed by atoms with Crippen LogP contribution in [0.4, 0.5) is 13.2 Å². The number of benzene rings is 1. The molecule has 20 heavy (non-hydrogen) atoms. The molecule has 1 aromatic carbocycles. The number of alkyl halides is 4. The summed E-state index contributed by atoms with van der Waals surface area (Å²) < 4.78 is 39.9. The summed E-state index contributed by atoms with van der Waals surface area (Å²) in [6.07, 6.45) is 1.95. The predicted octanol–water partition coefficient (Wildman–Crippen LogP) is 5.32. The van der Waals surface area contributed by atoms with E-state index in [9.17, 15) is 13.2 Å². The van der Waals surface area contributed by atoms with Gasteiger partial charge in [0.1, 0.15) is 5.75 Å². The van der Waals surface area contributed by atoms with E-state index in [-0.39, 0.29) is 11.1 Å². The molecule has 0 saturated heterocycles. The van der Waals surface area contributed by atoms with Crippen LogP contribution in [0, 0.1) is 5.92 Å². The third kappa shape index (κ3) is 4.89. The third-order valence-electron chi connectivity index (χ3n) is 3.78. The summed E-state index contributed by atoms with van der Waals surface area (Å²) in [5.74, 6) is 0.420. The SMILES string of the molecule is FC(F)(F)Oc1ccc(CCC(Cl)C2CCCC2)cc1. The van der Waals surface area contributed by atoms with Crippen LogP contribution in [0.2, 0.25) is 0 Å². The van der Waals surface area contributed by atoms with Crippen molar-refractivity contribution in [2.24, 2.45) is 5.92 Å². The molecule has 1 nitrogen and oxygen atoms in total. The van der Waals surface area contributed by atoms with Gasteiger partial charge in [0.15, 0.2) is 0 Å². The molecular formula is C15H18ClF3O. The van der Waals surface area contributed by atoms with Gasteiger partial charge < -0.3 is 4.74 Å². The third-order valence-corrected chi connectivity index (χ3v) is 4.35. The van der Waals surface area contributed by atoms with Gasteiger partial charge in [0.25, 0.3) is 0 Å². The Labute approximate surface area is 122 Å². The molecule has 0 aromatic heterocycles. The molecule has 1 fully saturated rings. The van der Waals surface area contributed by atoms with Crippen LogP contribution in [0.15, 0.2) is 24.3 Å². The molecule has 1 atom stereocenters. The first-order valence-corrected chi connectivity index (χ1v) is 7.36. The monoisotopic (exact) mass is 306 g/mol. The first kappa shape index (κ1) is 15.5. The van der Waals surface area contributed by atoms with Crippen molar-refractivity contribution in [1.82, 2.24) is 0 Å². The minimum absolute atomic E-state index is 0.170. The van der Waals surface area contributed by atoms with E-state index >= 15 is 0 Å². The average molecular weight is 307 g/mol. The largest absolute Gasteiger partial charge is 0.573 e. The van der Waals surface area contributed by atoms with Gasteiger partial charge in [-0.1, -0.05) is 25.0 Å². The topological polar surface area (TPSA) is 9.23 Å². The Morgan fingerprint density at radius 1 is 1.15 bits per heavy atom. The van der Waals surface area contributed by atoms with Gasteiger partial charge in [-0.3, -0.25) is 0 Å². The molecule has 1 saturated carbocycles. The zero-order valence-electron chi connectivity index (χ0n) is 11.1. The van der Waals surface area contributed by atoms with Gasteiger partial charge in [0.05, 0.1) is 0 Å². The van der Waals surface area contributed by atoms with Gasteiger partial charge in [-0.15, -0.1) is 24.8 Å². The Morgan fingerprint density at radius 3 is 2.30 bits per heavy atom. The van der Waals surface area contributed by atoms with Crippen LogP contribution < -0.4 is 4.74 Å². The Kier molecular flexibility index (Phi) is 5.19. The fourth-order valence-electron chi connectivity index (χ4n) is 2.72. The second kappa shape index (κ2) is 6.70. The minimum atomic E-state index is -4.63. The van der Waals surface area contributed by atoms with Crippen LogP contribution in [-0.2, 0) is 6.42 Å². The van der Waals surface area contributed by atoms with Crippen LogP contribution in [0.1, 0.15) is 37.7 Å². The lowest BCUT2D eigenvalue weighted by atomic mass is 9.98. The standard InChI is InChI=1S/C15H18ClF3O/c16-14(12-3-1-2-4-12)10-7-11-5-8-13(9-6-11)20-15(17,18)19/h5-6,8-9,12,14H,1-4,7,10H2. The lowest BCUT2D eigenvalue weighted by molar-refractivity contribution is -0.274. The highest BCUT2D eigenvalue weighted by Crippen LogP contribution is 2.32. The van der Waals surface area contributed by atoms with Crippen molar-refractivity contribution in [1.29, 1.82) is 0 Å². The van der Waals surface area contributed by atoms with Crippen molar-refractivity contribution in [2.45, 2.75) is 50.3 Å². The number of halogens is 4. The maximum Gasteiger partial charge on any atom is 0.573 e. The molecule has 5 heteroatoms. The highest BCUT2D eigenvalue weighted by Gasteiger charge is 2.31. The summed E-state index contributed by atoms with van der Waals surface area (Å²) >= 11 is 6.38. The summed E-state index contributed by atoms with van der Waals surface area (Å²) in [6.45, 7) is 0. The van der Waals surface area contributed by atoms with E-state index in [0.29, 0.717) is 5.92 Å². The molecule has 0 amide bonds. The van der Waals surface area contributed by atoms with Crippen LogP contribution >= 0.6 is 11.6 Å². The first-order chi connectivity index (χ1) is 9.44. The second-order valence-corrected chi connectivity index (χ2v) is 5.85. The van der Waals surface area contributed by atoms with Gasteiger partial charge >= 0.3 is 6.36 Å². The zero-order valence-corrected chi connectivity index (χ0v) is 11.9. The lowest BCUT2D eigenvalue weighted by Gasteiger charge is -2.16. The Bertz CT molecular complexity index is 410. The normalized spacial score (nSPS) is 18.2. The van der Waals surface area contributed by atoms with Crippen LogP contribution in [-0.4, -0.2) is 11.7 Å². The van der Waals surface area contributed by atoms with Crippen molar-refractivity contribution in [3.8, 4) is 5.75 Å². The summed E-state index contributed by atoms with van der Waals surface area (Å²) in [6, 6.07) is 6.03. The summed E-state index contributed by atoms with van der Waals surface area (Å²) in [5, 5.41) is 0.170. The number of hydrogen-bond acceptors (Lipinski definition) is 1. The Hall–Kier alpha value is -0.900. The molecule has 0 heterocycles. The Balaban J connectivity index is 1.81. The molecule has 112 valence electrons. The van der Waals surface area contributed by atoms with Gasteiger partial charge in [-0.05, 0) is 49.3 Å². The fraction of sp³-hybridized carbons (Fsp3) is 0.600. The van der Waals surface area contributed by atoms with Crippen molar-refractivity contribution in [2.75, 3.05) is 0 Å². The Morgan fingerprint density at radius 2 is 1.75 bits per heavy atom. The van der Waals surface area contributed by atoms with Crippen molar-refractivity contribution < 1.29 is 17.9 Å². The van der Waals surface area contributed by atoms with E-state index in [1.165, 1.54) is 37.8 Å². The van der Waals surface area contributed by atoms with Crippen molar-refractivity contribution in [3.63, 3.8) is 0 Å². The maximum atomic E-state index is 12.0. The number of aryl methyl sites for hydroxylation is 1. The molecule has 1 aliphatic carbocycles. The van der Waals surface area contributed by atoms with Crippen LogP contribution in [0.5, 0.6) is 5.75 Å². The van der Waals surface area contributed by atoms with E-state index in [2.05, 4.69) is 4.74 Å². The fourth-order valence-corrected chi connectivity index (χ4v) is 3.08.